The largest absolute Gasteiger partial charge is 0.476 e. The number of nitrogens with one attached hydrogen (secondary N) is 2. The Morgan fingerprint density at radius 3 is 2.64 bits per heavy atom. The van der Waals surface area contributed by atoms with Crippen molar-refractivity contribution >= 4 is 17.7 Å². The number of quaternary nitrogens is 1. The molecule has 0 bridgehead atoms. The Hall–Kier alpha value is -1.31. The lowest BCUT2D eigenvalue weighted by Gasteiger charge is -2.14. The fourth-order valence-electron chi connectivity index (χ4n) is 3.12. The van der Waals surface area contributed by atoms with Crippen molar-refractivity contribution in [1.29, 1.82) is 5.41 Å². The Bertz CT molecular complexity index is 636. The third-order valence-electron chi connectivity index (χ3n) is 5.73. The number of hydrogen-bond acceptors (Lipinski definition) is 5. The standard InChI is InChI=1S/C18H31N5OS/c1-12(19)14(10-20-7)25-22-13(2)23-9-8-16(21-23)24-11-15-17(3,4)18(15,5)6/h8-10,13,15,19-20,22H,11H2,1-7H3/p+1. The van der Waals surface area contributed by atoms with E-state index < -0.39 is 0 Å². The van der Waals surface area contributed by atoms with Crippen LogP contribution < -0.4 is 14.8 Å². The van der Waals surface area contributed by atoms with Gasteiger partial charge in [0.1, 0.15) is 12.4 Å². The van der Waals surface area contributed by atoms with Crippen LogP contribution in [0.2, 0.25) is 0 Å². The van der Waals surface area contributed by atoms with E-state index in [1.54, 1.807) is 6.92 Å². The molecule has 1 aliphatic rings. The second-order valence-electron chi connectivity index (χ2n) is 7.83. The van der Waals surface area contributed by atoms with Gasteiger partial charge in [0.25, 0.3) is 0 Å². The number of nitrogens with two attached hydrogens (primary N) is 1. The van der Waals surface area contributed by atoms with Crippen molar-refractivity contribution in [2.75, 3.05) is 13.7 Å². The van der Waals surface area contributed by atoms with Crippen LogP contribution in [-0.4, -0.2) is 29.1 Å². The van der Waals surface area contributed by atoms with Crippen molar-refractivity contribution in [3.63, 3.8) is 0 Å². The first-order valence-corrected chi connectivity index (χ1v) is 9.58. The molecule has 0 saturated heterocycles. The van der Waals surface area contributed by atoms with E-state index in [1.807, 2.05) is 42.4 Å². The molecule has 0 spiro atoms. The molecule has 1 aromatic rings. The van der Waals surface area contributed by atoms with Crippen LogP contribution in [0.1, 0.15) is 47.7 Å². The maximum atomic E-state index is 7.78. The van der Waals surface area contributed by atoms with Crippen molar-refractivity contribution in [2.24, 2.45) is 16.7 Å². The molecule has 1 saturated carbocycles. The SMILES string of the molecule is C[NH2+]C=C(SNC(C)n1ccc(OCC2C(C)(C)C2(C)C)n1)C(C)=N. The smallest absolute Gasteiger partial charge is 0.232 e. The molecule has 1 heterocycles. The highest BCUT2D eigenvalue weighted by Gasteiger charge is 2.64. The summed E-state index contributed by atoms with van der Waals surface area (Å²) in [6.07, 6.45) is 3.85. The number of hydrogen-bond donors (Lipinski definition) is 3. The minimum atomic E-state index is -0.00392. The van der Waals surface area contributed by atoms with E-state index in [9.17, 15) is 0 Å². The molecule has 0 amide bonds. The summed E-state index contributed by atoms with van der Waals surface area (Å²) >= 11 is 1.45. The van der Waals surface area contributed by atoms with Gasteiger partial charge in [-0.05, 0) is 36.6 Å². The highest BCUT2D eigenvalue weighted by molar-refractivity contribution is 8.02. The van der Waals surface area contributed by atoms with Crippen molar-refractivity contribution in [3.05, 3.63) is 23.4 Å². The summed E-state index contributed by atoms with van der Waals surface area (Å²) in [5.74, 6) is 1.22. The molecule has 25 heavy (non-hydrogen) atoms. The molecular weight excluding hydrogens is 334 g/mol. The highest BCUT2D eigenvalue weighted by Crippen LogP contribution is 2.68. The molecule has 0 aromatic carbocycles. The van der Waals surface area contributed by atoms with Crippen LogP contribution in [0.5, 0.6) is 5.88 Å². The Balaban J connectivity index is 1.86. The second kappa shape index (κ2) is 7.51. The maximum absolute atomic E-state index is 7.78. The van der Waals surface area contributed by atoms with E-state index in [-0.39, 0.29) is 6.17 Å². The lowest BCUT2D eigenvalue weighted by molar-refractivity contribution is -0.556. The van der Waals surface area contributed by atoms with Gasteiger partial charge in [-0.3, -0.25) is 4.68 Å². The second-order valence-corrected chi connectivity index (χ2v) is 8.71. The van der Waals surface area contributed by atoms with Gasteiger partial charge in [-0.15, -0.1) is 5.10 Å². The summed E-state index contributed by atoms with van der Waals surface area (Å²) < 4.78 is 11.1. The maximum Gasteiger partial charge on any atom is 0.232 e. The van der Waals surface area contributed by atoms with Gasteiger partial charge in [0.15, 0.2) is 0 Å². The van der Waals surface area contributed by atoms with Crippen LogP contribution in [0, 0.1) is 22.2 Å². The molecule has 6 nitrogen and oxygen atoms in total. The highest BCUT2D eigenvalue weighted by atomic mass is 32.2. The predicted molar refractivity (Wildman–Crippen MR) is 104 cm³/mol. The lowest BCUT2D eigenvalue weighted by Crippen LogP contribution is -2.73. The van der Waals surface area contributed by atoms with Crippen LogP contribution in [0.3, 0.4) is 0 Å². The Morgan fingerprint density at radius 1 is 1.48 bits per heavy atom. The van der Waals surface area contributed by atoms with Gasteiger partial charge in [-0.1, -0.05) is 27.7 Å². The fraction of sp³-hybridized carbons (Fsp3) is 0.667. The van der Waals surface area contributed by atoms with Gasteiger partial charge < -0.3 is 15.5 Å². The van der Waals surface area contributed by atoms with Crippen LogP contribution in [0.25, 0.3) is 0 Å². The summed E-state index contributed by atoms with van der Waals surface area (Å²) in [5, 5.41) is 14.2. The molecular formula is C18H32N5OS+. The summed E-state index contributed by atoms with van der Waals surface area (Å²) in [5.41, 5.74) is 1.19. The lowest BCUT2D eigenvalue weighted by atomic mass is 10.0. The first kappa shape index (κ1) is 20.0. The van der Waals surface area contributed by atoms with Crippen molar-refractivity contribution in [3.8, 4) is 5.88 Å². The Labute approximate surface area is 155 Å². The summed E-state index contributed by atoms with van der Waals surface area (Å²) in [7, 11) is 1.95. The van der Waals surface area contributed by atoms with E-state index in [0.717, 1.165) is 4.91 Å². The van der Waals surface area contributed by atoms with Crippen molar-refractivity contribution < 1.29 is 10.1 Å². The third-order valence-corrected chi connectivity index (χ3v) is 6.85. The normalized spacial score (nSPS) is 20.4. The molecule has 2 rings (SSSR count). The van der Waals surface area contributed by atoms with Gasteiger partial charge in [-0.25, -0.2) is 4.72 Å². The van der Waals surface area contributed by atoms with E-state index in [2.05, 4.69) is 37.5 Å². The number of ether oxygens (including phenoxy) is 1. The topological polar surface area (TPSA) is 79.5 Å². The molecule has 0 radical (unpaired) electrons. The van der Waals surface area contributed by atoms with E-state index in [1.165, 1.54) is 11.9 Å². The van der Waals surface area contributed by atoms with Gasteiger partial charge in [-0.2, -0.15) is 0 Å². The van der Waals surface area contributed by atoms with Crippen LogP contribution >= 0.6 is 11.9 Å². The average molecular weight is 367 g/mol. The summed E-state index contributed by atoms with van der Waals surface area (Å²) in [4.78, 5) is 0.899. The zero-order valence-electron chi connectivity index (χ0n) is 16.4. The number of aromatic nitrogens is 2. The Morgan fingerprint density at radius 2 is 2.12 bits per heavy atom. The molecule has 1 unspecified atom stereocenters. The minimum absolute atomic E-state index is 0.00392. The van der Waals surface area contributed by atoms with Crippen LogP contribution in [0.15, 0.2) is 23.4 Å². The molecule has 0 aliphatic heterocycles. The molecule has 7 heteroatoms. The monoisotopic (exact) mass is 366 g/mol. The fourth-order valence-corrected chi connectivity index (χ4v) is 3.88. The molecule has 1 aromatic heterocycles. The number of nitrogens with zero attached hydrogens (tertiary/aromatic N) is 2. The van der Waals surface area contributed by atoms with Crippen LogP contribution in [0.4, 0.5) is 0 Å². The molecule has 1 aliphatic carbocycles. The predicted octanol–water partition coefficient (Wildman–Crippen LogP) is 2.77. The Kier molecular flexibility index (Phi) is 6.01. The summed E-state index contributed by atoms with van der Waals surface area (Å²) in [6.45, 7) is 13.7. The number of rotatable bonds is 9. The molecule has 1 atom stereocenters. The van der Waals surface area contributed by atoms with Crippen molar-refractivity contribution in [2.45, 2.75) is 47.7 Å². The van der Waals surface area contributed by atoms with E-state index in [4.69, 9.17) is 10.1 Å². The van der Waals surface area contributed by atoms with Gasteiger partial charge in [0.05, 0.1) is 18.6 Å². The first-order chi connectivity index (χ1) is 11.6. The van der Waals surface area contributed by atoms with Gasteiger partial charge >= 0.3 is 0 Å². The van der Waals surface area contributed by atoms with Gasteiger partial charge in [0, 0.05) is 23.9 Å². The van der Waals surface area contributed by atoms with Crippen LogP contribution in [-0.2, 0) is 0 Å². The van der Waals surface area contributed by atoms with Crippen molar-refractivity contribution in [1.82, 2.24) is 14.5 Å². The van der Waals surface area contributed by atoms with E-state index >= 15 is 0 Å². The van der Waals surface area contributed by atoms with E-state index in [0.29, 0.717) is 34.9 Å². The average Bonchev–Trinajstić information content (AvgIpc) is 2.87. The molecule has 4 N–H and O–H groups in total. The molecule has 1 fully saturated rings. The first-order valence-electron chi connectivity index (χ1n) is 8.76. The van der Waals surface area contributed by atoms with Gasteiger partial charge in [0.2, 0.25) is 5.88 Å². The quantitative estimate of drug-likeness (QED) is 0.464. The zero-order valence-corrected chi connectivity index (χ0v) is 17.2. The third kappa shape index (κ3) is 4.27. The zero-order chi connectivity index (χ0) is 18.8. The molecule has 140 valence electrons. The summed E-state index contributed by atoms with van der Waals surface area (Å²) in [6, 6.07) is 1.91. The number of allylic oxidation sites excluding steroid dienone is 1. The minimum Gasteiger partial charge on any atom is -0.476 e.